The van der Waals surface area contributed by atoms with Crippen LogP contribution in [-0.4, -0.2) is 41.6 Å². The maximum absolute atomic E-state index is 13.2. The van der Waals surface area contributed by atoms with Gasteiger partial charge in [0.25, 0.3) is 0 Å². The predicted octanol–water partition coefficient (Wildman–Crippen LogP) is 2.96. The summed E-state index contributed by atoms with van der Waals surface area (Å²) in [5, 5.41) is 13.3. The second-order valence-electron chi connectivity index (χ2n) is 9.26. The number of carboxylic acid groups (broad SMARTS) is 1. The molecule has 1 aromatic heterocycles. The van der Waals surface area contributed by atoms with E-state index in [1.165, 1.54) is 5.69 Å². The molecular formula is C25H28N4O3S. The summed E-state index contributed by atoms with van der Waals surface area (Å²) < 4.78 is 1.09. The number of hydrogen-bond donors (Lipinski definition) is 3. The normalized spacial score (nSPS) is 17.1. The van der Waals surface area contributed by atoms with Crippen LogP contribution in [0, 0.1) is 11.3 Å². The Morgan fingerprint density at radius 2 is 1.91 bits per heavy atom. The number of carbonyl (C=O) groups is 2. The van der Waals surface area contributed by atoms with Gasteiger partial charge in [0.05, 0.1) is 28.6 Å². The lowest BCUT2D eigenvalue weighted by molar-refractivity contribution is -0.145. The summed E-state index contributed by atoms with van der Waals surface area (Å²) >= 11 is 1.57. The van der Waals surface area contributed by atoms with Crippen molar-refractivity contribution < 1.29 is 14.7 Å². The maximum Gasteiger partial charge on any atom is 0.304 e. The van der Waals surface area contributed by atoms with Crippen molar-refractivity contribution in [1.29, 1.82) is 0 Å². The number of aliphatic carboxylic acids is 1. The van der Waals surface area contributed by atoms with Crippen LogP contribution in [0.25, 0.3) is 10.2 Å². The SMILES string of the molecule is NCCC1CN(c2ccc3nc(CNC(=O)C4(CC(=O)O)Cc5ccccc5C4)sc3c2)C1. The highest BCUT2D eigenvalue weighted by molar-refractivity contribution is 7.18. The molecule has 4 N–H and O–H groups in total. The molecule has 172 valence electrons. The summed E-state index contributed by atoms with van der Waals surface area (Å²) in [6.07, 6.45) is 1.78. The molecule has 0 spiro atoms. The van der Waals surface area contributed by atoms with Crippen LogP contribution in [-0.2, 0) is 29.0 Å². The fraction of sp³-hybridized carbons (Fsp3) is 0.400. The van der Waals surface area contributed by atoms with Crippen LogP contribution in [0.3, 0.4) is 0 Å². The Kier molecular flexibility index (Phi) is 5.80. The van der Waals surface area contributed by atoms with E-state index < -0.39 is 11.4 Å². The van der Waals surface area contributed by atoms with Crippen molar-refractivity contribution in [2.75, 3.05) is 24.5 Å². The predicted molar refractivity (Wildman–Crippen MR) is 129 cm³/mol. The minimum Gasteiger partial charge on any atom is -0.481 e. The third-order valence-electron chi connectivity index (χ3n) is 6.86. The Labute approximate surface area is 196 Å². The number of thiazole rings is 1. The quantitative estimate of drug-likeness (QED) is 0.473. The average molecular weight is 465 g/mol. The molecule has 2 aromatic carbocycles. The fourth-order valence-electron chi connectivity index (χ4n) is 5.13. The van der Waals surface area contributed by atoms with Crippen LogP contribution in [0.15, 0.2) is 42.5 Å². The number of nitrogens with one attached hydrogen (secondary N) is 1. The maximum atomic E-state index is 13.2. The van der Waals surface area contributed by atoms with E-state index in [-0.39, 0.29) is 12.3 Å². The molecule has 7 nitrogen and oxygen atoms in total. The van der Waals surface area contributed by atoms with Gasteiger partial charge in [-0.15, -0.1) is 11.3 Å². The van der Waals surface area contributed by atoms with E-state index in [0.717, 1.165) is 52.4 Å². The number of rotatable bonds is 8. The van der Waals surface area contributed by atoms with Crippen molar-refractivity contribution in [2.24, 2.45) is 17.1 Å². The van der Waals surface area contributed by atoms with Gasteiger partial charge >= 0.3 is 5.97 Å². The van der Waals surface area contributed by atoms with Gasteiger partial charge < -0.3 is 21.1 Å². The Bertz CT molecular complexity index is 1180. The van der Waals surface area contributed by atoms with Gasteiger partial charge in [0, 0.05) is 18.8 Å². The van der Waals surface area contributed by atoms with Gasteiger partial charge in [0.15, 0.2) is 0 Å². The van der Waals surface area contributed by atoms with E-state index in [1.54, 1.807) is 11.3 Å². The number of nitrogens with two attached hydrogens (primary N) is 1. The third kappa shape index (κ3) is 4.32. The summed E-state index contributed by atoms with van der Waals surface area (Å²) in [4.78, 5) is 31.8. The Morgan fingerprint density at radius 1 is 1.18 bits per heavy atom. The lowest BCUT2D eigenvalue weighted by atomic mass is 9.80. The van der Waals surface area contributed by atoms with Crippen molar-refractivity contribution in [3.05, 3.63) is 58.6 Å². The minimum atomic E-state index is -0.954. The van der Waals surface area contributed by atoms with Gasteiger partial charge in [-0.05, 0) is 61.1 Å². The highest BCUT2D eigenvalue weighted by Gasteiger charge is 2.45. The zero-order valence-electron chi connectivity index (χ0n) is 18.4. The van der Waals surface area contributed by atoms with Crippen molar-refractivity contribution in [1.82, 2.24) is 10.3 Å². The highest BCUT2D eigenvalue weighted by atomic mass is 32.1. The molecule has 33 heavy (non-hydrogen) atoms. The Morgan fingerprint density at radius 3 is 2.58 bits per heavy atom. The number of anilines is 1. The van der Waals surface area contributed by atoms with E-state index in [4.69, 9.17) is 5.73 Å². The molecule has 5 rings (SSSR count). The monoisotopic (exact) mass is 464 g/mol. The van der Waals surface area contributed by atoms with E-state index in [2.05, 4.69) is 27.3 Å². The summed E-state index contributed by atoms with van der Waals surface area (Å²) in [7, 11) is 0. The fourth-order valence-corrected chi connectivity index (χ4v) is 6.07. The zero-order chi connectivity index (χ0) is 23.0. The van der Waals surface area contributed by atoms with Gasteiger partial charge in [0.2, 0.25) is 5.91 Å². The van der Waals surface area contributed by atoms with Crippen LogP contribution in [0.2, 0.25) is 0 Å². The largest absolute Gasteiger partial charge is 0.481 e. The molecule has 1 fully saturated rings. The molecule has 0 bridgehead atoms. The average Bonchev–Trinajstić information content (AvgIpc) is 3.34. The standard InChI is InChI=1S/C25H28N4O3S/c26-8-7-16-14-29(15-16)19-5-6-20-21(9-19)33-22(28-20)13-27-24(32)25(12-23(30)31)10-17-3-1-2-4-18(17)11-25/h1-6,9,16H,7-8,10-15,26H2,(H,27,32)(H,30,31). The lowest BCUT2D eigenvalue weighted by Gasteiger charge is -2.41. The van der Waals surface area contributed by atoms with Crippen LogP contribution in [0.1, 0.15) is 29.0 Å². The molecule has 8 heteroatoms. The van der Waals surface area contributed by atoms with Gasteiger partial charge in [0.1, 0.15) is 5.01 Å². The minimum absolute atomic E-state index is 0.183. The van der Waals surface area contributed by atoms with Gasteiger partial charge in [-0.25, -0.2) is 4.98 Å². The third-order valence-corrected chi connectivity index (χ3v) is 7.88. The molecule has 2 heterocycles. The van der Waals surface area contributed by atoms with E-state index in [9.17, 15) is 14.7 Å². The molecule has 3 aromatic rings. The number of benzene rings is 2. The summed E-state index contributed by atoms with van der Waals surface area (Å²) in [6.45, 7) is 3.12. The zero-order valence-corrected chi connectivity index (χ0v) is 19.2. The second kappa shape index (κ2) is 8.76. The molecule has 0 radical (unpaired) electrons. The highest BCUT2D eigenvalue weighted by Crippen LogP contribution is 2.40. The molecule has 1 aliphatic heterocycles. The summed E-state index contributed by atoms with van der Waals surface area (Å²) in [5.74, 6) is -0.490. The summed E-state index contributed by atoms with van der Waals surface area (Å²) in [5.41, 5.74) is 8.94. The molecule has 0 atom stereocenters. The van der Waals surface area contributed by atoms with E-state index in [0.29, 0.717) is 25.3 Å². The Hall–Kier alpha value is -2.97. The van der Waals surface area contributed by atoms with Crippen molar-refractivity contribution >= 4 is 39.1 Å². The lowest BCUT2D eigenvalue weighted by Crippen LogP contribution is -2.47. The Balaban J connectivity index is 1.27. The molecule has 0 saturated carbocycles. The number of carbonyl (C=O) groups excluding carboxylic acids is 1. The van der Waals surface area contributed by atoms with Crippen molar-refractivity contribution in [2.45, 2.75) is 32.2 Å². The number of carboxylic acids is 1. The van der Waals surface area contributed by atoms with Crippen LogP contribution in [0.5, 0.6) is 0 Å². The van der Waals surface area contributed by atoms with Crippen molar-refractivity contribution in [3.8, 4) is 0 Å². The van der Waals surface area contributed by atoms with E-state index >= 15 is 0 Å². The van der Waals surface area contributed by atoms with Crippen LogP contribution < -0.4 is 16.0 Å². The van der Waals surface area contributed by atoms with Crippen LogP contribution >= 0.6 is 11.3 Å². The number of aromatic nitrogens is 1. The molecule has 1 saturated heterocycles. The van der Waals surface area contributed by atoms with Crippen molar-refractivity contribution in [3.63, 3.8) is 0 Å². The molecular weight excluding hydrogens is 436 g/mol. The molecule has 0 unspecified atom stereocenters. The molecule has 1 amide bonds. The number of amides is 1. The number of fused-ring (bicyclic) bond motifs is 2. The van der Waals surface area contributed by atoms with Gasteiger partial charge in [-0.2, -0.15) is 0 Å². The number of hydrogen-bond acceptors (Lipinski definition) is 6. The first-order chi connectivity index (χ1) is 16.0. The first kappa shape index (κ1) is 21.9. The molecule has 2 aliphatic rings. The smallest absolute Gasteiger partial charge is 0.304 e. The summed E-state index contributed by atoms with van der Waals surface area (Å²) in [6, 6.07) is 14.1. The number of nitrogens with zero attached hydrogens (tertiary/aromatic N) is 2. The first-order valence-electron chi connectivity index (χ1n) is 11.4. The van der Waals surface area contributed by atoms with Crippen LogP contribution in [0.4, 0.5) is 5.69 Å². The second-order valence-corrected chi connectivity index (χ2v) is 10.4. The van der Waals surface area contributed by atoms with Gasteiger partial charge in [-0.1, -0.05) is 24.3 Å². The van der Waals surface area contributed by atoms with E-state index in [1.807, 2.05) is 30.3 Å². The molecule has 1 aliphatic carbocycles. The van der Waals surface area contributed by atoms with Gasteiger partial charge in [-0.3, -0.25) is 9.59 Å². The first-order valence-corrected chi connectivity index (χ1v) is 12.2. The topological polar surface area (TPSA) is 109 Å².